The summed E-state index contributed by atoms with van der Waals surface area (Å²) in [6.07, 6.45) is -0.873. The smallest absolute Gasteiger partial charge is 0.377 e. The van der Waals surface area contributed by atoms with E-state index in [9.17, 15) is 26.4 Å². The summed E-state index contributed by atoms with van der Waals surface area (Å²) >= 11 is 0. The minimum absolute atomic E-state index is 0.254. The molecule has 11 heteroatoms. The molecule has 0 bridgehead atoms. The molecule has 3 rings (SSSR count). The molecular formula is C19H20O9S2. The Morgan fingerprint density at radius 2 is 1.60 bits per heavy atom. The number of ether oxygens (including phenoxy) is 1. The number of rotatable bonds is 5. The fourth-order valence-corrected chi connectivity index (χ4v) is 6.86. The number of benzene rings is 2. The van der Waals surface area contributed by atoms with Gasteiger partial charge in [-0.05, 0) is 35.7 Å². The van der Waals surface area contributed by atoms with Crippen molar-refractivity contribution >= 4 is 42.8 Å². The lowest BCUT2D eigenvalue weighted by atomic mass is 9.95. The SMILES string of the molecule is CCOC(=O)C(=O)C1(Cc2c(C)ccc3ccccc23)S(=O)(=O)OCCOS1(=O)=O. The molecule has 1 fully saturated rings. The monoisotopic (exact) mass is 456 g/mol. The molecule has 1 aliphatic heterocycles. The van der Waals surface area contributed by atoms with Crippen molar-refractivity contribution in [3.05, 3.63) is 47.5 Å². The van der Waals surface area contributed by atoms with E-state index in [1.165, 1.54) is 6.92 Å². The van der Waals surface area contributed by atoms with Crippen molar-refractivity contribution in [2.75, 3.05) is 19.8 Å². The molecule has 0 radical (unpaired) electrons. The number of carbonyl (C=O) groups excluding carboxylic acids is 2. The average molecular weight is 456 g/mol. The standard InChI is InChI=1S/C19H20O9S2/c1-3-26-18(21)17(20)19(29(22,23)27-10-11-28-30(19,24)25)12-16-13(2)8-9-14-6-4-5-7-15(14)16/h4-9H,3,10-12H2,1-2H3. The van der Waals surface area contributed by atoms with Crippen molar-refractivity contribution in [1.29, 1.82) is 0 Å². The van der Waals surface area contributed by atoms with Gasteiger partial charge in [0, 0.05) is 6.42 Å². The van der Waals surface area contributed by atoms with Gasteiger partial charge in [-0.15, -0.1) is 0 Å². The summed E-state index contributed by atoms with van der Waals surface area (Å²) in [6.45, 7) is 1.55. The van der Waals surface area contributed by atoms with Crippen LogP contribution >= 0.6 is 0 Å². The molecule has 9 nitrogen and oxygen atoms in total. The van der Waals surface area contributed by atoms with Gasteiger partial charge in [0.1, 0.15) is 0 Å². The summed E-state index contributed by atoms with van der Waals surface area (Å²) in [5, 5.41) is 1.23. The van der Waals surface area contributed by atoms with Gasteiger partial charge in [-0.3, -0.25) is 13.2 Å². The van der Waals surface area contributed by atoms with Crippen LogP contribution in [0.15, 0.2) is 36.4 Å². The average Bonchev–Trinajstić information content (AvgIpc) is 2.78. The Bertz CT molecular complexity index is 1180. The van der Waals surface area contributed by atoms with Crippen molar-refractivity contribution in [1.82, 2.24) is 0 Å². The minimum Gasteiger partial charge on any atom is -0.460 e. The van der Waals surface area contributed by atoms with Gasteiger partial charge in [-0.25, -0.2) is 4.79 Å². The molecule has 0 unspecified atom stereocenters. The fraction of sp³-hybridized carbons (Fsp3) is 0.368. The van der Waals surface area contributed by atoms with Crippen LogP contribution in [0.1, 0.15) is 18.1 Å². The summed E-state index contributed by atoms with van der Waals surface area (Å²) in [5.41, 5.74) is 0.784. The predicted octanol–water partition coefficient (Wildman–Crippen LogP) is 1.23. The first kappa shape index (κ1) is 22.3. The number of esters is 1. The highest BCUT2D eigenvalue weighted by molar-refractivity contribution is 8.07. The Hall–Kier alpha value is -2.34. The zero-order valence-corrected chi connectivity index (χ0v) is 17.9. The van der Waals surface area contributed by atoms with Crippen LogP contribution in [0.2, 0.25) is 0 Å². The Kier molecular flexibility index (Phi) is 6.01. The maximum atomic E-state index is 13.1. The maximum absolute atomic E-state index is 13.1. The summed E-state index contributed by atoms with van der Waals surface area (Å²) in [4.78, 5) is 25.3. The van der Waals surface area contributed by atoms with Crippen LogP contribution < -0.4 is 0 Å². The van der Waals surface area contributed by atoms with E-state index in [2.05, 4.69) is 4.74 Å². The van der Waals surface area contributed by atoms with Crippen LogP contribution in [0, 0.1) is 6.92 Å². The van der Waals surface area contributed by atoms with E-state index in [-0.39, 0.29) is 12.2 Å². The second-order valence-electron chi connectivity index (χ2n) is 6.61. The topological polar surface area (TPSA) is 130 Å². The highest BCUT2D eigenvalue weighted by Crippen LogP contribution is 2.38. The molecule has 0 spiro atoms. The molecule has 1 saturated heterocycles. The van der Waals surface area contributed by atoms with Gasteiger partial charge in [0.05, 0.1) is 19.8 Å². The number of hydrogen-bond acceptors (Lipinski definition) is 9. The Morgan fingerprint density at radius 3 is 2.20 bits per heavy atom. The Labute approximate surface area is 174 Å². The molecule has 0 N–H and O–H groups in total. The molecule has 0 aliphatic carbocycles. The molecule has 0 atom stereocenters. The predicted molar refractivity (Wildman–Crippen MR) is 107 cm³/mol. The third-order valence-corrected chi connectivity index (χ3v) is 9.31. The van der Waals surface area contributed by atoms with E-state index in [0.29, 0.717) is 16.3 Å². The summed E-state index contributed by atoms with van der Waals surface area (Å²) < 4.78 is 62.9. The van der Waals surface area contributed by atoms with E-state index < -0.39 is 55.7 Å². The van der Waals surface area contributed by atoms with Crippen LogP contribution in [-0.4, -0.2) is 52.5 Å². The van der Waals surface area contributed by atoms with Gasteiger partial charge in [-0.1, -0.05) is 36.4 Å². The largest absolute Gasteiger partial charge is 0.460 e. The first-order chi connectivity index (χ1) is 14.1. The highest BCUT2D eigenvalue weighted by atomic mass is 32.3. The van der Waals surface area contributed by atoms with Crippen LogP contribution in [0.4, 0.5) is 0 Å². The molecular weight excluding hydrogens is 436 g/mol. The zero-order chi connectivity index (χ0) is 22.2. The Morgan fingerprint density at radius 1 is 1.00 bits per heavy atom. The van der Waals surface area contributed by atoms with Crippen LogP contribution in [-0.2, 0) is 49.3 Å². The number of aryl methyl sites for hydroxylation is 1. The molecule has 0 aromatic heterocycles. The molecule has 0 saturated carbocycles. The summed E-state index contributed by atoms with van der Waals surface area (Å²) in [6, 6.07) is 10.3. The minimum atomic E-state index is -5.14. The molecule has 2 aromatic carbocycles. The van der Waals surface area contributed by atoms with Gasteiger partial charge in [0.2, 0.25) is 0 Å². The first-order valence-electron chi connectivity index (χ1n) is 9.04. The van der Waals surface area contributed by atoms with Gasteiger partial charge in [-0.2, -0.15) is 16.8 Å². The van der Waals surface area contributed by atoms with Crippen molar-refractivity contribution in [3.8, 4) is 0 Å². The number of ketones is 1. The number of carbonyl (C=O) groups is 2. The van der Waals surface area contributed by atoms with E-state index >= 15 is 0 Å². The van der Waals surface area contributed by atoms with Crippen molar-refractivity contribution in [2.24, 2.45) is 0 Å². The van der Waals surface area contributed by atoms with Gasteiger partial charge in [0.25, 0.3) is 30.1 Å². The lowest BCUT2D eigenvalue weighted by molar-refractivity contribution is -0.153. The molecule has 1 aliphatic rings. The molecule has 1 heterocycles. The highest BCUT2D eigenvalue weighted by Gasteiger charge is 2.66. The molecule has 162 valence electrons. The number of fused-ring (bicyclic) bond motifs is 1. The Balaban J connectivity index is 2.36. The van der Waals surface area contributed by atoms with Crippen molar-refractivity contribution < 1.29 is 39.5 Å². The number of Topliss-reactive ketones (excluding diaryl/α,β-unsaturated/α-hetero) is 1. The van der Waals surface area contributed by atoms with Crippen LogP contribution in [0.3, 0.4) is 0 Å². The lowest BCUT2D eigenvalue weighted by Crippen LogP contribution is -2.57. The lowest BCUT2D eigenvalue weighted by Gasteiger charge is -2.28. The molecule has 2 aromatic rings. The van der Waals surface area contributed by atoms with Crippen molar-refractivity contribution in [3.63, 3.8) is 0 Å². The van der Waals surface area contributed by atoms with Crippen LogP contribution in [0.5, 0.6) is 0 Å². The van der Waals surface area contributed by atoms with E-state index in [1.807, 2.05) is 0 Å². The van der Waals surface area contributed by atoms with Gasteiger partial charge >= 0.3 is 5.97 Å². The second-order valence-corrected chi connectivity index (χ2v) is 10.6. The third-order valence-electron chi connectivity index (χ3n) is 4.86. The summed E-state index contributed by atoms with van der Waals surface area (Å²) in [5.74, 6) is -3.38. The quantitative estimate of drug-likeness (QED) is 0.370. The normalized spacial score (nSPS) is 19.7. The zero-order valence-electron chi connectivity index (χ0n) is 16.3. The van der Waals surface area contributed by atoms with Crippen molar-refractivity contribution in [2.45, 2.75) is 24.3 Å². The third kappa shape index (κ3) is 3.51. The van der Waals surface area contributed by atoms with Gasteiger partial charge in [0.15, 0.2) is 0 Å². The fourth-order valence-electron chi connectivity index (χ4n) is 3.35. The van der Waals surface area contributed by atoms with Gasteiger partial charge < -0.3 is 4.74 Å². The van der Waals surface area contributed by atoms with Crippen LogP contribution in [0.25, 0.3) is 10.8 Å². The maximum Gasteiger partial charge on any atom is 0.377 e. The number of hydrogen-bond donors (Lipinski definition) is 0. The van der Waals surface area contributed by atoms with E-state index in [1.54, 1.807) is 43.3 Å². The summed E-state index contributed by atoms with van der Waals surface area (Å²) in [7, 11) is -10.3. The second kappa shape index (κ2) is 8.06. The molecule has 30 heavy (non-hydrogen) atoms. The molecule has 0 amide bonds. The van der Waals surface area contributed by atoms with E-state index in [0.717, 1.165) is 0 Å². The first-order valence-corrected chi connectivity index (χ1v) is 11.9. The van der Waals surface area contributed by atoms with E-state index in [4.69, 9.17) is 8.37 Å².